The van der Waals surface area contributed by atoms with Crippen LogP contribution in [0.1, 0.15) is 35.6 Å². The fraction of sp³-hybridized carbons (Fsp3) is 0.185. The molecule has 0 unspecified atom stereocenters. The summed E-state index contributed by atoms with van der Waals surface area (Å²) in [7, 11) is 0. The summed E-state index contributed by atoms with van der Waals surface area (Å²) in [5.41, 5.74) is 4.78. The van der Waals surface area contributed by atoms with Crippen molar-refractivity contribution < 1.29 is 9.59 Å². The Morgan fingerprint density at radius 2 is 1.77 bits per heavy atom. The molecule has 0 aromatic heterocycles. The SMILES string of the molecule is Cc1ccc(C2=NN(C3=NC(=O)[C@@H](CC(=O)Nc4ccccc4Cl)S3)[C@H](c3ccccc3)C2)cc1. The Morgan fingerprint density at radius 1 is 1.06 bits per heavy atom. The maximum Gasteiger partial charge on any atom is 0.262 e. The van der Waals surface area contributed by atoms with Gasteiger partial charge in [-0.2, -0.15) is 10.1 Å². The summed E-state index contributed by atoms with van der Waals surface area (Å²) >= 11 is 7.42. The lowest BCUT2D eigenvalue weighted by atomic mass is 9.98. The molecule has 3 aromatic rings. The van der Waals surface area contributed by atoms with E-state index in [9.17, 15) is 9.59 Å². The van der Waals surface area contributed by atoms with Crippen molar-refractivity contribution in [1.29, 1.82) is 0 Å². The van der Waals surface area contributed by atoms with Gasteiger partial charge in [-0.15, -0.1) is 0 Å². The number of amides is 2. The van der Waals surface area contributed by atoms with Crippen LogP contribution in [0.15, 0.2) is 89.0 Å². The lowest BCUT2D eigenvalue weighted by Gasteiger charge is -2.23. The third kappa shape index (κ3) is 5.16. The zero-order chi connectivity index (χ0) is 24.4. The second-order valence-electron chi connectivity index (χ2n) is 8.46. The van der Waals surface area contributed by atoms with Gasteiger partial charge in [0.2, 0.25) is 5.91 Å². The molecule has 8 heteroatoms. The topological polar surface area (TPSA) is 74.1 Å². The van der Waals surface area contributed by atoms with E-state index < -0.39 is 5.25 Å². The fourth-order valence-corrected chi connectivity index (χ4v) is 5.32. The summed E-state index contributed by atoms with van der Waals surface area (Å²) < 4.78 is 0. The molecule has 2 amide bonds. The minimum absolute atomic E-state index is 0.0000996. The van der Waals surface area contributed by atoms with E-state index in [0.717, 1.165) is 16.8 Å². The highest BCUT2D eigenvalue weighted by Crippen LogP contribution is 2.38. The average Bonchev–Trinajstić information content (AvgIpc) is 3.46. The van der Waals surface area contributed by atoms with Crippen LogP contribution in [0, 0.1) is 6.92 Å². The number of amidine groups is 1. The van der Waals surface area contributed by atoms with Crippen molar-refractivity contribution in [2.24, 2.45) is 10.1 Å². The number of hydrogen-bond donors (Lipinski definition) is 1. The first-order chi connectivity index (χ1) is 17.0. The number of para-hydroxylation sites is 1. The smallest absolute Gasteiger partial charge is 0.262 e. The quantitative estimate of drug-likeness (QED) is 0.476. The predicted octanol–water partition coefficient (Wildman–Crippen LogP) is 5.83. The van der Waals surface area contributed by atoms with Crippen LogP contribution in [0.5, 0.6) is 0 Å². The number of nitrogens with one attached hydrogen (secondary N) is 1. The minimum atomic E-state index is -0.609. The van der Waals surface area contributed by atoms with E-state index in [1.807, 2.05) is 23.2 Å². The zero-order valence-corrected chi connectivity index (χ0v) is 20.6. The number of carbonyl (C=O) groups is 2. The largest absolute Gasteiger partial charge is 0.325 e. The first-order valence-corrected chi connectivity index (χ1v) is 12.6. The Kier molecular flexibility index (Phi) is 6.70. The lowest BCUT2D eigenvalue weighted by Crippen LogP contribution is -2.25. The molecule has 2 heterocycles. The number of rotatable bonds is 5. The van der Waals surface area contributed by atoms with Crippen molar-refractivity contribution in [1.82, 2.24) is 5.01 Å². The zero-order valence-electron chi connectivity index (χ0n) is 19.0. The summed E-state index contributed by atoms with van der Waals surface area (Å²) in [5.74, 6) is -0.615. The van der Waals surface area contributed by atoms with Crippen LogP contribution in [-0.2, 0) is 9.59 Å². The van der Waals surface area contributed by atoms with Gasteiger partial charge >= 0.3 is 0 Å². The molecule has 176 valence electrons. The van der Waals surface area contributed by atoms with Crippen LogP contribution in [-0.4, -0.2) is 33.0 Å². The van der Waals surface area contributed by atoms with Gasteiger partial charge in [0.25, 0.3) is 5.91 Å². The van der Waals surface area contributed by atoms with Crippen LogP contribution in [0.4, 0.5) is 5.69 Å². The molecule has 0 saturated heterocycles. The Labute approximate surface area is 213 Å². The van der Waals surface area contributed by atoms with E-state index in [0.29, 0.717) is 22.3 Å². The van der Waals surface area contributed by atoms with Crippen molar-refractivity contribution in [2.45, 2.75) is 31.1 Å². The standard InChI is InChI=1S/C27H23ClN4O2S/c1-17-11-13-18(14-12-17)22-15-23(19-7-3-2-4-8-19)32(31-22)27-30-26(34)24(35-27)16-25(33)29-21-10-6-5-9-20(21)28/h2-14,23-24H,15-16H2,1H3,(H,29,33)/t23-,24+/m0/s1. The number of hydrogen-bond acceptors (Lipinski definition) is 5. The van der Waals surface area contributed by atoms with Crippen LogP contribution in [0.25, 0.3) is 0 Å². The highest BCUT2D eigenvalue weighted by atomic mass is 35.5. The van der Waals surface area contributed by atoms with Crippen molar-refractivity contribution in [3.63, 3.8) is 0 Å². The van der Waals surface area contributed by atoms with Gasteiger partial charge in [-0.3, -0.25) is 9.59 Å². The van der Waals surface area contributed by atoms with Gasteiger partial charge in [-0.25, -0.2) is 5.01 Å². The van der Waals surface area contributed by atoms with Gasteiger partial charge in [0.15, 0.2) is 5.17 Å². The van der Waals surface area contributed by atoms with Gasteiger partial charge in [0.05, 0.1) is 22.5 Å². The summed E-state index contributed by atoms with van der Waals surface area (Å²) in [4.78, 5) is 29.7. The summed E-state index contributed by atoms with van der Waals surface area (Å²) in [6, 6.07) is 25.3. The monoisotopic (exact) mass is 502 g/mol. The van der Waals surface area contributed by atoms with Crippen molar-refractivity contribution in [3.05, 3.63) is 101 Å². The maximum absolute atomic E-state index is 12.7. The molecule has 2 aliphatic heterocycles. The highest BCUT2D eigenvalue weighted by molar-refractivity contribution is 8.15. The number of halogens is 1. The Morgan fingerprint density at radius 3 is 2.51 bits per heavy atom. The van der Waals surface area contributed by atoms with Gasteiger partial charge in [-0.1, -0.05) is 95.7 Å². The molecule has 1 N–H and O–H groups in total. The first-order valence-electron chi connectivity index (χ1n) is 11.3. The second kappa shape index (κ2) is 10.1. The van der Waals surface area contributed by atoms with Gasteiger partial charge in [0.1, 0.15) is 5.25 Å². The normalized spacial score (nSPS) is 19.5. The van der Waals surface area contributed by atoms with Crippen LogP contribution in [0.2, 0.25) is 5.02 Å². The first kappa shape index (κ1) is 23.3. The molecule has 0 aliphatic carbocycles. The Balaban J connectivity index is 1.35. The molecular formula is C27H23ClN4O2S. The number of nitrogens with zero attached hydrogens (tertiary/aromatic N) is 3. The van der Waals surface area contributed by atoms with E-state index in [4.69, 9.17) is 16.7 Å². The lowest BCUT2D eigenvalue weighted by molar-refractivity contribution is -0.121. The average molecular weight is 503 g/mol. The highest BCUT2D eigenvalue weighted by Gasteiger charge is 2.39. The molecule has 0 saturated carbocycles. The van der Waals surface area contributed by atoms with E-state index in [1.54, 1.807) is 24.3 Å². The molecule has 6 nitrogen and oxygen atoms in total. The number of benzene rings is 3. The number of hydrazone groups is 1. The van der Waals surface area contributed by atoms with Gasteiger partial charge in [-0.05, 0) is 30.2 Å². The number of thioether (sulfide) groups is 1. The second-order valence-corrected chi connectivity index (χ2v) is 10.0. The molecule has 0 radical (unpaired) electrons. The minimum Gasteiger partial charge on any atom is -0.325 e. The Hall–Kier alpha value is -3.42. The van der Waals surface area contributed by atoms with Gasteiger partial charge in [0, 0.05) is 12.8 Å². The molecular weight excluding hydrogens is 480 g/mol. The molecule has 0 fully saturated rings. The molecule has 3 aromatic carbocycles. The summed E-state index contributed by atoms with van der Waals surface area (Å²) in [6.07, 6.45) is 0.693. The van der Waals surface area contributed by atoms with E-state index in [2.05, 4.69) is 53.6 Å². The van der Waals surface area contributed by atoms with Crippen molar-refractivity contribution >= 4 is 51.7 Å². The van der Waals surface area contributed by atoms with E-state index >= 15 is 0 Å². The predicted molar refractivity (Wildman–Crippen MR) is 142 cm³/mol. The van der Waals surface area contributed by atoms with E-state index in [-0.39, 0.29) is 24.3 Å². The van der Waals surface area contributed by atoms with E-state index in [1.165, 1.54) is 17.3 Å². The molecule has 0 bridgehead atoms. The molecule has 0 spiro atoms. The number of aliphatic imine (C=N–C) groups is 1. The van der Waals surface area contributed by atoms with Crippen molar-refractivity contribution in [2.75, 3.05) is 5.32 Å². The summed E-state index contributed by atoms with van der Waals surface area (Å²) in [5, 5.41) is 9.85. The third-order valence-electron chi connectivity index (χ3n) is 5.92. The number of aryl methyl sites for hydroxylation is 1. The molecule has 35 heavy (non-hydrogen) atoms. The number of carbonyl (C=O) groups excluding carboxylic acids is 2. The van der Waals surface area contributed by atoms with Crippen LogP contribution in [0.3, 0.4) is 0 Å². The van der Waals surface area contributed by atoms with Gasteiger partial charge < -0.3 is 5.32 Å². The molecule has 5 rings (SSSR count). The van der Waals surface area contributed by atoms with Crippen LogP contribution < -0.4 is 5.32 Å². The maximum atomic E-state index is 12.7. The molecule has 2 atom stereocenters. The van der Waals surface area contributed by atoms with Crippen molar-refractivity contribution in [3.8, 4) is 0 Å². The number of anilines is 1. The Bertz CT molecular complexity index is 1320. The van der Waals surface area contributed by atoms with Crippen LogP contribution >= 0.6 is 23.4 Å². The third-order valence-corrected chi connectivity index (χ3v) is 7.39. The summed E-state index contributed by atoms with van der Waals surface area (Å²) in [6.45, 7) is 2.05. The molecule has 2 aliphatic rings. The fourth-order valence-electron chi connectivity index (χ4n) is 4.08.